The second-order valence-corrected chi connectivity index (χ2v) is 7.19. The van der Waals surface area contributed by atoms with E-state index >= 15 is 0 Å². The molecule has 5 heteroatoms. The van der Waals surface area contributed by atoms with E-state index < -0.39 is 5.82 Å². The average Bonchev–Trinajstić information content (AvgIpc) is 2.67. The first-order valence-corrected chi connectivity index (χ1v) is 8.86. The fourth-order valence-corrected chi connectivity index (χ4v) is 3.65. The van der Waals surface area contributed by atoms with Crippen LogP contribution >= 0.6 is 0 Å². The second-order valence-electron chi connectivity index (χ2n) is 7.19. The number of hydrogen-bond donors (Lipinski definition) is 1. The van der Waals surface area contributed by atoms with Gasteiger partial charge in [-0.05, 0) is 38.0 Å². The number of benzene rings is 2. The molecular weight excluding hydrogens is 341 g/mol. The highest BCUT2D eigenvalue weighted by atomic mass is 19.1. The predicted molar refractivity (Wildman–Crippen MR) is 105 cm³/mol. The number of methoxy groups -OCH3 is 1. The number of nitrogens with zero attached hydrogens (tertiary/aromatic N) is 2. The van der Waals surface area contributed by atoms with Crippen LogP contribution in [0.3, 0.4) is 0 Å². The van der Waals surface area contributed by atoms with Gasteiger partial charge in [0.1, 0.15) is 11.5 Å². The van der Waals surface area contributed by atoms with Gasteiger partial charge in [0.15, 0.2) is 5.82 Å². The fourth-order valence-electron chi connectivity index (χ4n) is 3.65. The van der Waals surface area contributed by atoms with Crippen molar-refractivity contribution in [3.8, 4) is 23.6 Å². The van der Waals surface area contributed by atoms with Crippen molar-refractivity contribution in [3.63, 3.8) is 0 Å². The van der Waals surface area contributed by atoms with Crippen molar-refractivity contribution in [2.45, 2.75) is 31.4 Å². The number of rotatable bonds is 4. The lowest BCUT2D eigenvalue weighted by atomic mass is 9.77. The van der Waals surface area contributed by atoms with Gasteiger partial charge < -0.3 is 10.1 Å². The van der Waals surface area contributed by atoms with Gasteiger partial charge >= 0.3 is 0 Å². The van der Waals surface area contributed by atoms with Gasteiger partial charge in [-0.25, -0.2) is 4.39 Å². The Kier molecular flexibility index (Phi) is 4.29. The minimum absolute atomic E-state index is 0.0806. The van der Waals surface area contributed by atoms with Gasteiger partial charge in [0.2, 0.25) is 0 Å². The van der Waals surface area contributed by atoms with E-state index in [2.05, 4.69) is 28.4 Å². The first-order valence-electron chi connectivity index (χ1n) is 8.86. The Hall–Kier alpha value is -2.97. The molecule has 0 aliphatic heterocycles. The number of anilines is 1. The summed E-state index contributed by atoms with van der Waals surface area (Å²) in [5.74, 6) is 2.75. The molecule has 3 aromatic rings. The molecule has 1 fully saturated rings. The number of nitrogens with one attached hydrogen (secondary N) is 1. The Morgan fingerprint density at radius 1 is 1.19 bits per heavy atom. The number of terminal acetylenes is 1. The average molecular weight is 361 g/mol. The van der Waals surface area contributed by atoms with E-state index in [0.29, 0.717) is 22.6 Å². The van der Waals surface area contributed by atoms with Crippen LogP contribution < -0.4 is 5.32 Å². The number of aromatic nitrogens is 2. The number of fused-ring (bicyclic) bond motifs is 1. The first-order chi connectivity index (χ1) is 13.0. The summed E-state index contributed by atoms with van der Waals surface area (Å²) in [6, 6.07) is 12.7. The van der Waals surface area contributed by atoms with E-state index in [1.54, 1.807) is 19.2 Å². The summed E-state index contributed by atoms with van der Waals surface area (Å²) in [7, 11) is 1.74. The number of halogens is 1. The van der Waals surface area contributed by atoms with Crippen molar-refractivity contribution in [2.75, 3.05) is 12.4 Å². The smallest absolute Gasteiger partial charge is 0.156 e. The van der Waals surface area contributed by atoms with Gasteiger partial charge in [-0.3, -0.25) is 0 Å². The lowest BCUT2D eigenvalue weighted by Gasteiger charge is -2.44. The van der Waals surface area contributed by atoms with Gasteiger partial charge in [0, 0.05) is 35.1 Å². The highest BCUT2D eigenvalue weighted by Crippen LogP contribution is 2.38. The normalized spacial score (nSPS) is 21.5. The van der Waals surface area contributed by atoms with Crippen molar-refractivity contribution in [1.29, 1.82) is 0 Å². The molecule has 0 saturated heterocycles. The molecule has 0 bridgehead atoms. The summed E-state index contributed by atoms with van der Waals surface area (Å²) in [5.41, 5.74) is 1.31. The molecule has 1 aliphatic carbocycles. The summed E-state index contributed by atoms with van der Waals surface area (Å²) in [5, 5.41) is 13.9. The monoisotopic (exact) mass is 361 g/mol. The molecule has 0 spiro atoms. The highest BCUT2D eigenvalue weighted by Gasteiger charge is 2.40. The zero-order chi connectivity index (χ0) is 19.0. The van der Waals surface area contributed by atoms with E-state index in [4.69, 9.17) is 11.2 Å². The Balaban J connectivity index is 1.72. The summed E-state index contributed by atoms with van der Waals surface area (Å²) >= 11 is 0. The molecule has 27 heavy (non-hydrogen) atoms. The van der Waals surface area contributed by atoms with Crippen LogP contribution in [0.1, 0.15) is 25.3 Å². The molecule has 1 saturated carbocycles. The fraction of sp³-hybridized carbons (Fsp3) is 0.273. The summed E-state index contributed by atoms with van der Waals surface area (Å²) in [6.07, 6.45) is 7.16. The molecule has 0 unspecified atom stereocenters. The molecule has 0 atom stereocenters. The van der Waals surface area contributed by atoms with Crippen LogP contribution in [0.25, 0.3) is 22.0 Å². The third-order valence-corrected chi connectivity index (χ3v) is 5.27. The lowest BCUT2D eigenvalue weighted by Crippen LogP contribution is -2.49. The number of ether oxygens (including phenoxy) is 1. The third-order valence-electron chi connectivity index (χ3n) is 5.27. The summed E-state index contributed by atoms with van der Waals surface area (Å²) < 4.78 is 20.1. The largest absolute Gasteiger partial charge is 0.378 e. The van der Waals surface area contributed by atoms with E-state index in [1.165, 1.54) is 6.07 Å². The van der Waals surface area contributed by atoms with E-state index in [9.17, 15) is 4.39 Å². The SMILES string of the molecule is C#Cc1ccc(-c2nnc(NC3CC(C)(OC)C3)c3ccccc23)c(F)c1. The molecule has 0 radical (unpaired) electrons. The summed E-state index contributed by atoms with van der Waals surface area (Å²) in [4.78, 5) is 0. The van der Waals surface area contributed by atoms with Crippen LogP contribution in [-0.4, -0.2) is 29.0 Å². The minimum Gasteiger partial charge on any atom is -0.378 e. The van der Waals surface area contributed by atoms with E-state index in [0.717, 1.165) is 23.6 Å². The molecule has 0 amide bonds. The molecular formula is C22H20FN3O. The molecule has 4 nitrogen and oxygen atoms in total. The zero-order valence-electron chi connectivity index (χ0n) is 15.3. The number of hydrogen-bond acceptors (Lipinski definition) is 4. The maximum Gasteiger partial charge on any atom is 0.156 e. The van der Waals surface area contributed by atoms with Crippen LogP contribution in [0.5, 0.6) is 0 Å². The van der Waals surface area contributed by atoms with Gasteiger partial charge in [-0.15, -0.1) is 16.6 Å². The quantitative estimate of drug-likeness (QED) is 0.700. The molecule has 1 aliphatic rings. The molecule has 136 valence electrons. The molecule has 4 rings (SSSR count). The molecule has 1 aromatic heterocycles. The lowest BCUT2D eigenvalue weighted by molar-refractivity contribution is -0.0625. The van der Waals surface area contributed by atoms with Crippen molar-refractivity contribution in [3.05, 3.63) is 53.8 Å². The maximum absolute atomic E-state index is 14.6. The van der Waals surface area contributed by atoms with Crippen LogP contribution in [0.4, 0.5) is 10.2 Å². The molecule has 1 heterocycles. The van der Waals surface area contributed by atoms with Gasteiger partial charge in [0.05, 0.1) is 5.60 Å². The van der Waals surface area contributed by atoms with Gasteiger partial charge in [-0.1, -0.05) is 30.2 Å². The Bertz CT molecular complexity index is 1050. The van der Waals surface area contributed by atoms with Crippen molar-refractivity contribution >= 4 is 16.6 Å². The van der Waals surface area contributed by atoms with Crippen molar-refractivity contribution in [2.24, 2.45) is 0 Å². The zero-order valence-corrected chi connectivity index (χ0v) is 15.3. The molecule has 1 N–H and O–H groups in total. The minimum atomic E-state index is -0.402. The van der Waals surface area contributed by atoms with E-state index in [-0.39, 0.29) is 11.6 Å². The van der Waals surface area contributed by atoms with Crippen LogP contribution in [0, 0.1) is 18.2 Å². The maximum atomic E-state index is 14.6. The van der Waals surface area contributed by atoms with Crippen molar-refractivity contribution < 1.29 is 9.13 Å². The van der Waals surface area contributed by atoms with Gasteiger partial charge in [-0.2, -0.15) is 0 Å². The molecule has 2 aromatic carbocycles. The van der Waals surface area contributed by atoms with E-state index in [1.807, 2.05) is 24.3 Å². The highest BCUT2D eigenvalue weighted by molar-refractivity contribution is 6.00. The van der Waals surface area contributed by atoms with Crippen LogP contribution in [0.2, 0.25) is 0 Å². The topological polar surface area (TPSA) is 47.0 Å². The second kappa shape index (κ2) is 6.64. The first kappa shape index (κ1) is 17.4. The standard InChI is InChI=1S/C22H20FN3O/c1-4-14-9-10-18(19(23)11-14)20-16-7-5-6-8-17(16)21(26-25-20)24-15-12-22(2,13-15)27-3/h1,5-11,15H,12-13H2,2-3H3,(H,24,26). The Morgan fingerprint density at radius 2 is 1.93 bits per heavy atom. The predicted octanol–water partition coefficient (Wildman–Crippen LogP) is 4.40. The van der Waals surface area contributed by atoms with Crippen LogP contribution in [-0.2, 0) is 4.74 Å². The van der Waals surface area contributed by atoms with Crippen LogP contribution in [0.15, 0.2) is 42.5 Å². The van der Waals surface area contributed by atoms with Gasteiger partial charge in [0.25, 0.3) is 0 Å². The summed E-state index contributed by atoms with van der Waals surface area (Å²) in [6.45, 7) is 2.10. The Labute approximate surface area is 157 Å². The Morgan fingerprint density at radius 3 is 2.59 bits per heavy atom. The van der Waals surface area contributed by atoms with Crippen molar-refractivity contribution in [1.82, 2.24) is 10.2 Å². The third kappa shape index (κ3) is 3.13.